The van der Waals surface area contributed by atoms with Crippen molar-refractivity contribution < 1.29 is 31.2 Å². The number of carbonyl (C=O) groups is 2. The predicted molar refractivity (Wildman–Crippen MR) is 101 cm³/mol. The van der Waals surface area contributed by atoms with Crippen LogP contribution in [-0.4, -0.2) is 38.7 Å². The summed E-state index contributed by atoms with van der Waals surface area (Å²) >= 11 is 1.35. The molecule has 12 heteroatoms. The van der Waals surface area contributed by atoms with Gasteiger partial charge in [-0.15, -0.1) is 11.8 Å². The van der Waals surface area contributed by atoms with E-state index in [9.17, 15) is 31.2 Å². The normalized spacial score (nSPS) is 14.1. The highest BCUT2D eigenvalue weighted by Crippen LogP contribution is 2.32. The third kappa shape index (κ3) is 5.49. The van der Waals surface area contributed by atoms with Crippen LogP contribution in [0.25, 0.3) is 0 Å². The first-order chi connectivity index (χ1) is 13.5. The molecule has 0 atom stereocenters. The lowest BCUT2D eigenvalue weighted by Gasteiger charge is -2.17. The molecule has 29 heavy (non-hydrogen) atoms. The second-order valence-electron chi connectivity index (χ2n) is 5.97. The van der Waals surface area contributed by atoms with Gasteiger partial charge in [-0.1, -0.05) is 0 Å². The summed E-state index contributed by atoms with van der Waals surface area (Å²) in [5, 5.41) is 5.23. The summed E-state index contributed by atoms with van der Waals surface area (Å²) in [5.74, 6) is -0.370. The SMILES string of the molecule is O=C1CSc2ccc(C(=O)Nc3ccc(S(=O)(=O)NCC(F)(F)F)cc3)cc2N1. The second-order valence-corrected chi connectivity index (χ2v) is 8.75. The maximum atomic E-state index is 12.4. The summed E-state index contributed by atoms with van der Waals surface area (Å²) in [7, 11) is -4.33. The van der Waals surface area contributed by atoms with Crippen LogP contribution in [0, 0.1) is 0 Å². The van der Waals surface area contributed by atoms with Crippen LogP contribution in [-0.2, 0) is 14.8 Å². The molecule has 154 valence electrons. The Bertz CT molecular complexity index is 1050. The molecule has 0 spiro atoms. The van der Waals surface area contributed by atoms with Crippen LogP contribution in [0.4, 0.5) is 24.5 Å². The average Bonchev–Trinajstić information content (AvgIpc) is 2.66. The number of hydrogen-bond donors (Lipinski definition) is 3. The van der Waals surface area contributed by atoms with Gasteiger partial charge in [0, 0.05) is 16.1 Å². The topological polar surface area (TPSA) is 104 Å². The molecule has 0 aromatic heterocycles. The first-order valence-corrected chi connectivity index (χ1v) is 10.5. The average molecular weight is 445 g/mol. The molecule has 3 rings (SSSR count). The Hall–Kier alpha value is -2.57. The molecule has 0 aliphatic carbocycles. The number of anilines is 2. The quantitative estimate of drug-likeness (QED) is 0.657. The van der Waals surface area contributed by atoms with E-state index in [1.165, 1.54) is 34.7 Å². The van der Waals surface area contributed by atoms with Crippen molar-refractivity contribution in [1.82, 2.24) is 4.72 Å². The summed E-state index contributed by atoms with van der Waals surface area (Å²) in [6.45, 7) is -1.68. The number of hydrogen-bond acceptors (Lipinski definition) is 5. The van der Waals surface area contributed by atoms with Crippen LogP contribution in [0.2, 0.25) is 0 Å². The Labute approximate surface area is 168 Å². The molecule has 2 amide bonds. The van der Waals surface area contributed by atoms with Crippen molar-refractivity contribution in [2.24, 2.45) is 0 Å². The van der Waals surface area contributed by atoms with E-state index in [0.717, 1.165) is 17.0 Å². The summed E-state index contributed by atoms with van der Waals surface area (Å²) in [6.07, 6.45) is -4.67. The number of alkyl halides is 3. The van der Waals surface area contributed by atoms with Gasteiger partial charge in [-0.3, -0.25) is 9.59 Å². The number of thioether (sulfide) groups is 1. The lowest BCUT2D eigenvalue weighted by molar-refractivity contribution is -0.121. The Morgan fingerprint density at radius 2 is 1.83 bits per heavy atom. The maximum Gasteiger partial charge on any atom is 0.402 e. The first-order valence-electron chi connectivity index (χ1n) is 8.08. The molecule has 2 aromatic carbocycles. The van der Waals surface area contributed by atoms with Gasteiger partial charge in [-0.25, -0.2) is 13.1 Å². The molecular formula is C17H14F3N3O4S2. The maximum absolute atomic E-state index is 12.4. The molecule has 0 bridgehead atoms. The van der Waals surface area contributed by atoms with Crippen LogP contribution >= 0.6 is 11.8 Å². The summed E-state index contributed by atoms with van der Waals surface area (Å²) in [6, 6.07) is 9.49. The molecule has 0 fully saturated rings. The minimum Gasteiger partial charge on any atom is -0.324 e. The lowest BCUT2D eigenvalue weighted by Crippen LogP contribution is -2.33. The van der Waals surface area contributed by atoms with Crippen molar-refractivity contribution >= 4 is 45.0 Å². The third-order valence-corrected chi connectivity index (χ3v) is 6.25. The highest BCUT2D eigenvalue weighted by atomic mass is 32.2. The zero-order valence-electron chi connectivity index (χ0n) is 14.5. The van der Waals surface area contributed by atoms with Gasteiger partial charge < -0.3 is 10.6 Å². The van der Waals surface area contributed by atoms with Gasteiger partial charge in [0.15, 0.2) is 0 Å². The van der Waals surface area contributed by atoms with Gasteiger partial charge in [0.2, 0.25) is 15.9 Å². The van der Waals surface area contributed by atoms with Crippen LogP contribution in [0.1, 0.15) is 10.4 Å². The number of halogens is 3. The second kappa shape index (κ2) is 8.05. The molecule has 1 aliphatic rings. The Morgan fingerprint density at radius 1 is 1.14 bits per heavy atom. The van der Waals surface area contributed by atoms with E-state index in [-0.39, 0.29) is 22.1 Å². The van der Waals surface area contributed by atoms with Crippen molar-refractivity contribution in [3.8, 4) is 0 Å². The van der Waals surface area contributed by atoms with E-state index in [0.29, 0.717) is 11.4 Å². The lowest BCUT2D eigenvalue weighted by atomic mass is 10.1. The van der Waals surface area contributed by atoms with Gasteiger partial charge in [-0.2, -0.15) is 13.2 Å². The van der Waals surface area contributed by atoms with Crippen molar-refractivity contribution in [1.29, 1.82) is 0 Å². The summed E-state index contributed by atoms with van der Waals surface area (Å²) in [4.78, 5) is 24.3. The molecule has 3 N–H and O–H groups in total. The minimum atomic E-state index is -4.67. The molecule has 2 aromatic rings. The van der Waals surface area contributed by atoms with Crippen molar-refractivity contribution in [2.75, 3.05) is 22.9 Å². The van der Waals surface area contributed by atoms with E-state index in [1.807, 2.05) is 0 Å². The van der Waals surface area contributed by atoms with Gasteiger partial charge in [0.05, 0.1) is 16.3 Å². The van der Waals surface area contributed by atoms with Crippen LogP contribution in [0.5, 0.6) is 0 Å². The van der Waals surface area contributed by atoms with E-state index < -0.39 is 28.7 Å². The number of benzene rings is 2. The molecule has 1 heterocycles. The predicted octanol–water partition coefficient (Wildman–Crippen LogP) is 2.82. The fourth-order valence-corrected chi connectivity index (χ4v) is 4.21. The first kappa shape index (κ1) is 21.1. The number of sulfonamides is 1. The van der Waals surface area contributed by atoms with Gasteiger partial charge in [0.25, 0.3) is 5.91 Å². The fraction of sp³-hybridized carbons (Fsp3) is 0.176. The monoisotopic (exact) mass is 445 g/mol. The van der Waals surface area contributed by atoms with E-state index in [1.54, 1.807) is 12.1 Å². The minimum absolute atomic E-state index is 0.170. The number of nitrogens with one attached hydrogen (secondary N) is 3. The summed E-state index contributed by atoms with van der Waals surface area (Å²) in [5.41, 5.74) is 1.05. The van der Waals surface area contributed by atoms with Gasteiger partial charge in [-0.05, 0) is 42.5 Å². The van der Waals surface area contributed by atoms with Crippen LogP contribution < -0.4 is 15.4 Å². The van der Waals surface area contributed by atoms with Crippen molar-refractivity contribution in [3.63, 3.8) is 0 Å². The Balaban J connectivity index is 1.69. The van der Waals surface area contributed by atoms with E-state index in [2.05, 4.69) is 10.6 Å². The van der Waals surface area contributed by atoms with E-state index in [4.69, 9.17) is 0 Å². The van der Waals surface area contributed by atoms with E-state index >= 15 is 0 Å². The molecular weight excluding hydrogens is 431 g/mol. The zero-order chi connectivity index (χ0) is 21.2. The fourth-order valence-electron chi connectivity index (χ4n) is 2.41. The summed E-state index contributed by atoms with van der Waals surface area (Å²) < 4.78 is 61.8. The standard InChI is InChI=1S/C17H14F3N3O4S2/c18-17(19,20)9-21-29(26,27)12-4-2-11(3-5-12)22-16(25)10-1-6-14-13(7-10)23-15(24)8-28-14/h1-7,21H,8-9H2,(H,22,25)(H,23,24). The van der Waals surface area contributed by atoms with Gasteiger partial charge >= 0.3 is 6.18 Å². The Morgan fingerprint density at radius 3 is 2.48 bits per heavy atom. The van der Waals surface area contributed by atoms with Crippen LogP contribution in [0.3, 0.4) is 0 Å². The van der Waals surface area contributed by atoms with Crippen molar-refractivity contribution in [2.45, 2.75) is 16.0 Å². The zero-order valence-corrected chi connectivity index (χ0v) is 16.2. The van der Waals surface area contributed by atoms with Crippen molar-refractivity contribution in [3.05, 3.63) is 48.0 Å². The molecule has 0 saturated carbocycles. The number of rotatable bonds is 5. The molecule has 0 radical (unpaired) electrons. The third-order valence-electron chi connectivity index (χ3n) is 3.76. The Kier molecular flexibility index (Phi) is 5.87. The number of fused-ring (bicyclic) bond motifs is 1. The smallest absolute Gasteiger partial charge is 0.324 e. The number of amides is 2. The van der Waals surface area contributed by atoms with Crippen LogP contribution in [0.15, 0.2) is 52.3 Å². The highest BCUT2D eigenvalue weighted by Gasteiger charge is 2.30. The molecule has 1 aliphatic heterocycles. The molecule has 0 saturated heterocycles. The molecule has 0 unspecified atom stereocenters. The van der Waals surface area contributed by atoms with Gasteiger partial charge in [0.1, 0.15) is 6.54 Å². The number of carbonyl (C=O) groups excluding carboxylic acids is 2. The highest BCUT2D eigenvalue weighted by molar-refractivity contribution is 8.00. The largest absolute Gasteiger partial charge is 0.402 e. The molecule has 7 nitrogen and oxygen atoms in total.